The minimum atomic E-state index is -0.877. The minimum Gasteiger partial charge on any atom is -0.481 e. The summed E-state index contributed by atoms with van der Waals surface area (Å²) in [5, 5.41) is 9.98. The Morgan fingerprint density at radius 3 is 2.58 bits per heavy atom. The number of hydrogen-bond acceptors (Lipinski definition) is 5. The molecule has 0 radical (unpaired) electrons. The molecule has 2 atom stereocenters. The van der Waals surface area contributed by atoms with Crippen molar-refractivity contribution >= 4 is 23.2 Å². The second-order valence-corrected chi connectivity index (χ2v) is 6.73. The van der Waals surface area contributed by atoms with E-state index in [0.717, 1.165) is 5.56 Å². The molecule has 0 spiro atoms. The van der Waals surface area contributed by atoms with Gasteiger partial charge in [0.25, 0.3) is 11.1 Å². The normalized spacial score (nSPS) is 20.2. The Kier molecular flexibility index (Phi) is 4.53. The van der Waals surface area contributed by atoms with Gasteiger partial charge >= 0.3 is 5.97 Å². The van der Waals surface area contributed by atoms with Gasteiger partial charge in [0.1, 0.15) is 4.88 Å². The van der Waals surface area contributed by atoms with E-state index in [2.05, 4.69) is 4.98 Å². The van der Waals surface area contributed by atoms with Crippen molar-refractivity contribution in [3.05, 3.63) is 46.5 Å². The van der Waals surface area contributed by atoms with Crippen LogP contribution in [0.4, 0.5) is 0 Å². The van der Waals surface area contributed by atoms with Crippen molar-refractivity contribution in [3.63, 3.8) is 0 Å². The van der Waals surface area contributed by atoms with Gasteiger partial charge in [-0.25, -0.2) is 4.98 Å². The first-order valence-electron chi connectivity index (χ1n) is 7.59. The van der Waals surface area contributed by atoms with E-state index in [1.54, 1.807) is 11.8 Å². The average molecular weight is 346 g/mol. The number of ether oxygens (including phenoxy) is 1. The summed E-state index contributed by atoms with van der Waals surface area (Å²) in [7, 11) is 1.51. The monoisotopic (exact) mass is 346 g/mol. The van der Waals surface area contributed by atoms with E-state index in [0.29, 0.717) is 22.3 Å². The molecule has 0 saturated carbocycles. The molecule has 1 aromatic heterocycles. The van der Waals surface area contributed by atoms with E-state index in [1.807, 2.05) is 30.3 Å². The molecular weight excluding hydrogens is 328 g/mol. The Labute approximate surface area is 143 Å². The molecule has 1 fully saturated rings. The Bertz CT molecular complexity index is 759. The number of amides is 1. The van der Waals surface area contributed by atoms with Crippen molar-refractivity contribution < 1.29 is 19.4 Å². The van der Waals surface area contributed by atoms with Crippen molar-refractivity contribution in [2.75, 3.05) is 20.2 Å². The fraction of sp³-hybridized carbons (Fsp3) is 0.353. The molecule has 1 aliphatic heterocycles. The molecule has 2 heterocycles. The summed E-state index contributed by atoms with van der Waals surface area (Å²) in [6.45, 7) is 2.35. The summed E-state index contributed by atoms with van der Waals surface area (Å²) in [6, 6.07) is 9.49. The standard InChI is InChI=1S/C17H18N2O4S/c1-10-14(24-17(18-10)23-2)15(20)19-8-12(13(9-19)16(21)22)11-6-4-3-5-7-11/h3-7,12-13H,8-9H2,1-2H3,(H,21,22)/t12-,13+/m0/s1. The molecule has 1 aromatic carbocycles. The summed E-state index contributed by atoms with van der Waals surface area (Å²) in [6.07, 6.45) is 0. The van der Waals surface area contributed by atoms with Crippen molar-refractivity contribution in [1.29, 1.82) is 0 Å². The smallest absolute Gasteiger partial charge is 0.308 e. The summed E-state index contributed by atoms with van der Waals surface area (Å²) < 4.78 is 5.08. The van der Waals surface area contributed by atoms with E-state index >= 15 is 0 Å². The lowest BCUT2D eigenvalue weighted by molar-refractivity contribution is -0.141. The van der Waals surface area contributed by atoms with Gasteiger partial charge in [0.2, 0.25) is 0 Å². The van der Waals surface area contributed by atoms with Crippen LogP contribution in [-0.2, 0) is 4.79 Å². The van der Waals surface area contributed by atoms with Gasteiger partial charge in [0, 0.05) is 19.0 Å². The highest BCUT2D eigenvalue weighted by Gasteiger charge is 2.41. The molecule has 0 bridgehead atoms. The fourth-order valence-electron chi connectivity index (χ4n) is 3.06. The number of carboxylic acids is 1. The highest BCUT2D eigenvalue weighted by molar-refractivity contribution is 7.15. The highest BCUT2D eigenvalue weighted by Crippen LogP contribution is 2.35. The average Bonchev–Trinajstić information content (AvgIpc) is 3.19. The number of aryl methyl sites for hydroxylation is 1. The van der Waals surface area contributed by atoms with Crippen LogP contribution in [-0.4, -0.2) is 47.1 Å². The number of rotatable bonds is 4. The molecule has 0 aliphatic carbocycles. The van der Waals surface area contributed by atoms with Crippen LogP contribution in [0.2, 0.25) is 0 Å². The van der Waals surface area contributed by atoms with Crippen LogP contribution in [0.5, 0.6) is 5.19 Å². The van der Waals surface area contributed by atoms with Gasteiger partial charge in [-0.3, -0.25) is 9.59 Å². The minimum absolute atomic E-state index is 0.182. The number of methoxy groups -OCH3 is 1. The zero-order valence-electron chi connectivity index (χ0n) is 13.4. The van der Waals surface area contributed by atoms with E-state index in [1.165, 1.54) is 18.4 Å². The van der Waals surface area contributed by atoms with Crippen LogP contribution in [0.15, 0.2) is 30.3 Å². The maximum atomic E-state index is 12.8. The second kappa shape index (κ2) is 6.60. The van der Waals surface area contributed by atoms with Gasteiger partial charge in [0.15, 0.2) is 0 Å². The van der Waals surface area contributed by atoms with Gasteiger partial charge in [-0.05, 0) is 12.5 Å². The van der Waals surface area contributed by atoms with Crippen molar-refractivity contribution in [1.82, 2.24) is 9.88 Å². The molecule has 2 aromatic rings. The van der Waals surface area contributed by atoms with E-state index < -0.39 is 11.9 Å². The van der Waals surface area contributed by atoms with E-state index in [4.69, 9.17) is 4.74 Å². The summed E-state index contributed by atoms with van der Waals surface area (Å²) >= 11 is 1.19. The molecule has 0 unspecified atom stereocenters. The maximum Gasteiger partial charge on any atom is 0.308 e. The third kappa shape index (κ3) is 2.99. The number of hydrogen-bond donors (Lipinski definition) is 1. The van der Waals surface area contributed by atoms with Crippen molar-refractivity contribution in [2.24, 2.45) is 5.92 Å². The summed E-state index contributed by atoms with van der Waals surface area (Å²) in [4.78, 5) is 30.7. The Hall–Kier alpha value is -2.41. The van der Waals surface area contributed by atoms with Crippen LogP contribution < -0.4 is 4.74 Å². The summed E-state index contributed by atoms with van der Waals surface area (Å²) in [5.74, 6) is -1.87. The zero-order valence-corrected chi connectivity index (χ0v) is 14.2. The third-order valence-corrected chi connectivity index (χ3v) is 5.40. The largest absolute Gasteiger partial charge is 0.481 e. The molecule has 1 aliphatic rings. The topological polar surface area (TPSA) is 79.7 Å². The molecule has 1 N–H and O–H groups in total. The number of likely N-dealkylation sites (tertiary alicyclic amines) is 1. The van der Waals surface area contributed by atoms with Crippen LogP contribution in [0.3, 0.4) is 0 Å². The van der Waals surface area contributed by atoms with Crippen LogP contribution >= 0.6 is 11.3 Å². The molecule has 3 rings (SSSR count). The highest BCUT2D eigenvalue weighted by atomic mass is 32.1. The molecule has 7 heteroatoms. The van der Waals surface area contributed by atoms with Crippen LogP contribution in [0.1, 0.15) is 26.8 Å². The first-order chi connectivity index (χ1) is 11.5. The number of carbonyl (C=O) groups excluding carboxylic acids is 1. The molecular formula is C17H18N2O4S. The molecule has 6 nitrogen and oxygen atoms in total. The number of carbonyl (C=O) groups is 2. The van der Waals surface area contributed by atoms with Gasteiger partial charge < -0.3 is 14.7 Å². The SMILES string of the molecule is COc1nc(C)c(C(=O)N2C[C@@H](C(=O)O)[C@H](c3ccccc3)C2)s1. The Morgan fingerprint density at radius 2 is 2.00 bits per heavy atom. The van der Waals surface area contributed by atoms with Gasteiger partial charge in [0.05, 0.1) is 18.7 Å². The second-order valence-electron chi connectivity index (χ2n) is 5.77. The molecule has 126 valence electrons. The Morgan fingerprint density at radius 1 is 1.29 bits per heavy atom. The van der Waals surface area contributed by atoms with Crippen molar-refractivity contribution in [3.8, 4) is 5.19 Å². The number of benzene rings is 1. The van der Waals surface area contributed by atoms with Crippen molar-refractivity contribution in [2.45, 2.75) is 12.8 Å². The predicted octanol–water partition coefficient (Wildman–Crippen LogP) is 2.40. The first kappa shape index (κ1) is 16.4. The van der Waals surface area contributed by atoms with E-state index in [9.17, 15) is 14.7 Å². The quantitative estimate of drug-likeness (QED) is 0.919. The van der Waals surface area contributed by atoms with Crippen LogP contribution in [0.25, 0.3) is 0 Å². The molecule has 1 saturated heterocycles. The number of aliphatic carboxylic acids is 1. The zero-order chi connectivity index (χ0) is 17.3. The van der Waals surface area contributed by atoms with Crippen LogP contribution in [0, 0.1) is 12.8 Å². The Balaban J connectivity index is 1.86. The van der Waals surface area contributed by atoms with Gasteiger partial charge in [-0.1, -0.05) is 41.7 Å². The number of thiazole rings is 1. The fourth-order valence-corrected chi connectivity index (χ4v) is 3.91. The maximum absolute atomic E-state index is 12.8. The third-order valence-electron chi connectivity index (χ3n) is 4.30. The van der Waals surface area contributed by atoms with Gasteiger partial charge in [-0.15, -0.1) is 0 Å². The predicted molar refractivity (Wildman–Crippen MR) is 89.6 cm³/mol. The number of aromatic nitrogens is 1. The van der Waals surface area contributed by atoms with E-state index in [-0.39, 0.29) is 18.4 Å². The molecule has 24 heavy (non-hydrogen) atoms. The lowest BCUT2D eigenvalue weighted by Crippen LogP contribution is -2.29. The number of nitrogens with zero attached hydrogens (tertiary/aromatic N) is 2. The molecule has 1 amide bonds. The summed E-state index contributed by atoms with van der Waals surface area (Å²) in [5.41, 5.74) is 1.55. The first-order valence-corrected chi connectivity index (χ1v) is 8.41. The number of carboxylic acid groups (broad SMARTS) is 1. The van der Waals surface area contributed by atoms with Gasteiger partial charge in [-0.2, -0.15) is 0 Å². The lowest BCUT2D eigenvalue weighted by atomic mass is 9.89. The lowest BCUT2D eigenvalue weighted by Gasteiger charge is -2.16.